The van der Waals surface area contributed by atoms with Crippen molar-refractivity contribution in [3.63, 3.8) is 0 Å². The van der Waals surface area contributed by atoms with Gasteiger partial charge in [-0.3, -0.25) is 4.98 Å². The van der Waals surface area contributed by atoms with Gasteiger partial charge in [0.2, 0.25) is 0 Å². The molecule has 0 aliphatic carbocycles. The van der Waals surface area contributed by atoms with Crippen LogP contribution in [0.1, 0.15) is 5.56 Å². The van der Waals surface area contributed by atoms with Gasteiger partial charge < -0.3 is 0 Å². The van der Waals surface area contributed by atoms with Gasteiger partial charge in [-0.25, -0.2) is 4.98 Å². The molecule has 42 heavy (non-hydrogen) atoms. The second-order valence-electron chi connectivity index (χ2n) is 10.6. The highest BCUT2D eigenvalue weighted by atomic mass is 14.7. The van der Waals surface area contributed by atoms with Crippen LogP contribution in [0.15, 0.2) is 140 Å². The summed E-state index contributed by atoms with van der Waals surface area (Å²) < 4.78 is 0. The molecule has 0 aliphatic heterocycles. The molecule has 0 spiro atoms. The van der Waals surface area contributed by atoms with E-state index in [1.54, 1.807) is 0 Å². The smallest absolute Gasteiger partial charge is 0.0991 e. The number of hydrogen-bond donors (Lipinski definition) is 0. The second kappa shape index (κ2) is 9.66. The van der Waals surface area contributed by atoms with Crippen molar-refractivity contribution in [3.8, 4) is 39.6 Å². The van der Waals surface area contributed by atoms with Crippen LogP contribution in [-0.2, 0) is 0 Å². The third-order valence-corrected chi connectivity index (χ3v) is 8.11. The Balaban J connectivity index is 1.25. The van der Waals surface area contributed by atoms with Crippen LogP contribution < -0.4 is 0 Å². The van der Waals surface area contributed by atoms with Crippen molar-refractivity contribution < 1.29 is 0 Å². The zero-order chi connectivity index (χ0) is 28.0. The maximum Gasteiger partial charge on any atom is 0.0991 e. The molecule has 6 aromatic carbocycles. The van der Waals surface area contributed by atoms with Gasteiger partial charge in [-0.15, -0.1) is 0 Å². The molecule has 194 valence electrons. The minimum Gasteiger partial charge on any atom is -0.254 e. The van der Waals surface area contributed by atoms with Gasteiger partial charge in [-0.05, 0) is 80.2 Å². The molecule has 0 fully saturated rings. The minimum absolute atomic E-state index is 0.660. The first-order valence-corrected chi connectivity index (χ1v) is 14.0. The predicted octanol–water partition coefficient (Wildman–Crippen LogP) is 9.96. The van der Waals surface area contributed by atoms with Gasteiger partial charge in [0, 0.05) is 22.5 Å². The van der Waals surface area contributed by atoms with Crippen molar-refractivity contribution in [2.75, 3.05) is 0 Å². The summed E-state index contributed by atoms with van der Waals surface area (Å²) in [6.45, 7) is 0. The van der Waals surface area contributed by atoms with Crippen LogP contribution in [-0.4, -0.2) is 9.97 Å². The second-order valence-corrected chi connectivity index (χ2v) is 10.6. The molecule has 0 saturated carbocycles. The summed E-state index contributed by atoms with van der Waals surface area (Å²) in [4.78, 5) is 9.66. The summed E-state index contributed by atoms with van der Waals surface area (Å²) in [7, 11) is 0. The monoisotopic (exact) mass is 533 g/mol. The van der Waals surface area contributed by atoms with Gasteiger partial charge in [-0.1, -0.05) is 97.1 Å². The van der Waals surface area contributed by atoms with Crippen molar-refractivity contribution in [3.05, 3.63) is 145 Å². The topological polar surface area (TPSA) is 49.6 Å². The quantitative estimate of drug-likeness (QED) is 0.212. The number of fused-ring (bicyclic) bond motifs is 5. The van der Waals surface area contributed by atoms with Gasteiger partial charge in [0.25, 0.3) is 0 Å². The fraction of sp³-hybridized carbons (Fsp3) is 0. The van der Waals surface area contributed by atoms with Gasteiger partial charge in [0.15, 0.2) is 0 Å². The maximum absolute atomic E-state index is 9.33. The summed E-state index contributed by atoms with van der Waals surface area (Å²) in [6.07, 6.45) is 1.83. The number of pyridine rings is 2. The first-order chi connectivity index (χ1) is 20.7. The predicted molar refractivity (Wildman–Crippen MR) is 173 cm³/mol. The first-order valence-electron chi connectivity index (χ1n) is 14.0. The fourth-order valence-corrected chi connectivity index (χ4v) is 5.99. The number of benzene rings is 6. The van der Waals surface area contributed by atoms with E-state index in [-0.39, 0.29) is 0 Å². The largest absolute Gasteiger partial charge is 0.254 e. The van der Waals surface area contributed by atoms with E-state index >= 15 is 0 Å². The van der Waals surface area contributed by atoms with Crippen LogP contribution in [0.4, 0.5) is 0 Å². The number of aromatic nitrogens is 2. The van der Waals surface area contributed by atoms with Gasteiger partial charge in [0.05, 0.1) is 28.4 Å². The van der Waals surface area contributed by atoms with Crippen molar-refractivity contribution in [2.45, 2.75) is 0 Å². The molecule has 3 nitrogen and oxygen atoms in total. The van der Waals surface area contributed by atoms with Crippen molar-refractivity contribution in [1.82, 2.24) is 9.97 Å². The molecule has 0 aliphatic rings. The Morgan fingerprint density at radius 3 is 1.98 bits per heavy atom. The van der Waals surface area contributed by atoms with Crippen LogP contribution in [0.5, 0.6) is 0 Å². The number of rotatable bonds is 3. The molecule has 0 atom stereocenters. The summed E-state index contributed by atoms with van der Waals surface area (Å²) in [6, 6.07) is 48.7. The summed E-state index contributed by atoms with van der Waals surface area (Å²) in [5.41, 5.74) is 9.12. The molecule has 0 bridgehead atoms. The average molecular weight is 534 g/mol. The maximum atomic E-state index is 9.33. The Hall–Kier alpha value is -5.85. The van der Waals surface area contributed by atoms with E-state index in [0.29, 0.717) is 5.56 Å². The summed E-state index contributed by atoms with van der Waals surface area (Å²) >= 11 is 0. The highest BCUT2D eigenvalue weighted by molar-refractivity contribution is 6.06. The Morgan fingerprint density at radius 1 is 0.500 bits per heavy atom. The molecule has 8 aromatic rings. The Bertz CT molecular complexity index is 2360. The van der Waals surface area contributed by atoms with E-state index < -0.39 is 0 Å². The third kappa shape index (κ3) is 3.98. The lowest BCUT2D eigenvalue weighted by Crippen LogP contribution is -1.90. The third-order valence-electron chi connectivity index (χ3n) is 8.11. The molecule has 0 N–H and O–H groups in total. The molecule has 0 unspecified atom stereocenters. The van der Waals surface area contributed by atoms with Crippen LogP contribution >= 0.6 is 0 Å². The number of nitriles is 1. The average Bonchev–Trinajstić information content (AvgIpc) is 3.07. The van der Waals surface area contributed by atoms with Gasteiger partial charge in [0.1, 0.15) is 0 Å². The molecule has 0 amide bonds. The van der Waals surface area contributed by atoms with E-state index in [2.05, 4.69) is 114 Å². The number of hydrogen-bond acceptors (Lipinski definition) is 3. The van der Waals surface area contributed by atoms with Gasteiger partial charge >= 0.3 is 0 Å². The lowest BCUT2D eigenvalue weighted by Gasteiger charge is -2.15. The molecule has 2 heterocycles. The zero-order valence-corrected chi connectivity index (χ0v) is 22.6. The molecule has 0 radical (unpaired) electrons. The molecule has 8 rings (SSSR count). The molecule has 2 aromatic heterocycles. The van der Waals surface area contributed by atoms with E-state index in [1.807, 2.05) is 36.5 Å². The zero-order valence-electron chi connectivity index (χ0n) is 22.6. The lowest BCUT2D eigenvalue weighted by atomic mass is 9.88. The highest BCUT2D eigenvalue weighted by Crippen LogP contribution is 2.39. The molecular formula is C39H23N3. The molecular weight excluding hydrogens is 510 g/mol. The van der Waals surface area contributed by atoms with Crippen molar-refractivity contribution >= 4 is 43.4 Å². The summed E-state index contributed by atoms with van der Waals surface area (Å²) in [5, 5.41) is 16.2. The van der Waals surface area contributed by atoms with Crippen LogP contribution in [0.2, 0.25) is 0 Å². The van der Waals surface area contributed by atoms with Crippen molar-refractivity contribution in [2.24, 2.45) is 0 Å². The molecule has 3 heteroatoms. The van der Waals surface area contributed by atoms with Crippen LogP contribution in [0, 0.1) is 11.3 Å². The van der Waals surface area contributed by atoms with Crippen LogP contribution in [0.25, 0.3) is 76.9 Å². The van der Waals surface area contributed by atoms with E-state index in [1.165, 1.54) is 27.3 Å². The lowest BCUT2D eigenvalue weighted by molar-refractivity contribution is 1.37. The first kappa shape index (κ1) is 24.0. The standard InChI is InChI=1S/C39H23N3/c40-24-25-7-9-27(10-8-25)37-34-6-2-1-4-26(34)17-19-35(37)32-15-13-31-23-33(16-14-30(31)22-32)36-20-18-29-12-11-28-5-3-21-41-38(28)39(29)42-36/h1-23H. The SMILES string of the molecule is N#Cc1ccc(-c2c(-c3ccc4cc(-c5ccc6ccc7cccnc7c6n5)ccc4c3)ccc3ccccc23)cc1. The Labute approximate surface area is 243 Å². The van der Waals surface area contributed by atoms with E-state index in [9.17, 15) is 5.26 Å². The normalized spacial score (nSPS) is 11.3. The Morgan fingerprint density at radius 2 is 1.14 bits per heavy atom. The van der Waals surface area contributed by atoms with E-state index in [4.69, 9.17) is 4.98 Å². The van der Waals surface area contributed by atoms with Crippen molar-refractivity contribution in [1.29, 1.82) is 5.26 Å². The highest BCUT2D eigenvalue weighted by Gasteiger charge is 2.13. The minimum atomic E-state index is 0.660. The summed E-state index contributed by atoms with van der Waals surface area (Å²) in [5.74, 6) is 0. The van der Waals surface area contributed by atoms with E-state index in [0.717, 1.165) is 49.6 Å². The number of nitrogens with zero attached hydrogens (tertiary/aromatic N) is 3. The molecule has 0 saturated heterocycles. The Kier molecular flexibility index (Phi) is 5.52. The van der Waals surface area contributed by atoms with Crippen LogP contribution in [0.3, 0.4) is 0 Å². The van der Waals surface area contributed by atoms with Gasteiger partial charge in [-0.2, -0.15) is 5.26 Å². The fourth-order valence-electron chi connectivity index (χ4n) is 5.99.